The van der Waals surface area contributed by atoms with Crippen LogP contribution in [0.3, 0.4) is 0 Å². The Kier molecular flexibility index (Phi) is 6.09. The third-order valence-corrected chi connectivity index (χ3v) is 5.44. The smallest absolute Gasteiger partial charge is 0.266 e. The van der Waals surface area contributed by atoms with Gasteiger partial charge >= 0.3 is 0 Å². The van der Waals surface area contributed by atoms with Gasteiger partial charge in [0.15, 0.2) is 0 Å². The standard InChI is InChI=1S/C24H21ClFN3O/c1-14-6-5-7-23(16(14)3)28-24(30)19(13-27)11-18-10-15(2)29(17(18)4)20-8-9-22(26)21(25)12-20/h5-12H,1-4H3,(H,28,30)/b19-11-. The van der Waals surface area contributed by atoms with Crippen LogP contribution in [0, 0.1) is 44.8 Å². The molecule has 2 aromatic carbocycles. The summed E-state index contributed by atoms with van der Waals surface area (Å²) in [5, 5.41) is 12.4. The number of nitrogens with zero attached hydrogens (tertiary/aromatic N) is 2. The predicted octanol–water partition coefficient (Wildman–Crippen LogP) is 6.05. The average Bonchev–Trinajstić information content (AvgIpc) is 2.98. The Morgan fingerprint density at radius 2 is 1.90 bits per heavy atom. The van der Waals surface area contributed by atoms with Gasteiger partial charge in [0.05, 0.1) is 5.02 Å². The molecule has 0 bridgehead atoms. The molecule has 3 rings (SSSR count). The molecule has 1 N–H and O–H groups in total. The molecule has 0 radical (unpaired) electrons. The fraction of sp³-hybridized carbons (Fsp3) is 0.167. The Morgan fingerprint density at radius 1 is 1.17 bits per heavy atom. The van der Waals surface area contributed by atoms with Gasteiger partial charge < -0.3 is 9.88 Å². The number of amides is 1. The molecule has 0 saturated heterocycles. The van der Waals surface area contributed by atoms with Gasteiger partial charge in [-0.2, -0.15) is 5.26 Å². The van der Waals surface area contributed by atoms with Crippen LogP contribution in [0.2, 0.25) is 5.02 Å². The van der Waals surface area contributed by atoms with E-state index in [1.807, 2.05) is 56.5 Å². The molecule has 1 aromatic heterocycles. The quantitative estimate of drug-likeness (QED) is 0.411. The highest BCUT2D eigenvalue weighted by Crippen LogP contribution is 2.26. The number of rotatable bonds is 4. The predicted molar refractivity (Wildman–Crippen MR) is 118 cm³/mol. The molecular formula is C24H21ClFN3O. The number of hydrogen-bond donors (Lipinski definition) is 1. The summed E-state index contributed by atoms with van der Waals surface area (Å²) in [5.41, 5.74) is 5.78. The van der Waals surface area contributed by atoms with Gasteiger partial charge in [-0.15, -0.1) is 0 Å². The van der Waals surface area contributed by atoms with E-state index in [1.54, 1.807) is 24.3 Å². The molecule has 0 saturated carbocycles. The van der Waals surface area contributed by atoms with Crippen molar-refractivity contribution in [3.05, 3.63) is 87.0 Å². The SMILES string of the molecule is Cc1cccc(NC(=O)/C(C#N)=C\c2cc(C)n(-c3ccc(F)c(Cl)c3)c2C)c1C. The number of benzene rings is 2. The van der Waals surface area contributed by atoms with Gasteiger partial charge in [-0.25, -0.2) is 4.39 Å². The highest BCUT2D eigenvalue weighted by atomic mass is 35.5. The van der Waals surface area contributed by atoms with Crippen LogP contribution in [0.4, 0.5) is 10.1 Å². The summed E-state index contributed by atoms with van der Waals surface area (Å²) >= 11 is 5.93. The molecule has 0 unspecified atom stereocenters. The van der Waals surface area contributed by atoms with Crippen molar-refractivity contribution in [3.8, 4) is 11.8 Å². The Hall–Kier alpha value is -3.36. The number of carbonyl (C=O) groups is 1. The molecule has 4 nitrogen and oxygen atoms in total. The second-order valence-electron chi connectivity index (χ2n) is 7.13. The fourth-order valence-electron chi connectivity index (χ4n) is 3.34. The van der Waals surface area contributed by atoms with E-state index < -0.39 is 11.7 Å². The highest BCUT2D eigenvalue weighted by molar-refractivity contribution is 6.30. The first-order valence-corrected chi connectivity index (χ1v) is 9.74. The number of anilines is 1. The van der Waals surface area contributed by atoms with Crippen molar-refractivity contribution in [2.24, 2.45) is 0 Å². The second-order valence-corrected chi connectivity index (χ2v) is 7.54. The summed E-state index contributed by atoms with van der Waals surface area (Å²) in [6.07, 6.45) is 1.56. The summed E-state index contributed by atoms with van der Waals surface area (Å²) in [4.78, 5) is 12.7. The molecule has 0 fully saturated rings. The molecule has 0 atom stereocenters. The summed E-state index contributed by atoms with van der Waals surface area (Å²) in [5.74, 6) is -0.960. The topological polar surface area (TPSA) is 57.8 Å². The van der Waals surface area contributed by atoms with E-state index in [2.05, 4.69) is 5.32 Å². The third-order valence-electron chi connectivity index (χ3n) is 5.15. The van der Waals surface area contributed by atoms with E-state index >= 15 is 0 Å². The number of nitrogens with one attached hydrogen (secondary N) is 1. The van der Waals surface area contributed by atoms with Gasteiger partial charge in [0.2, 0.25) is 0 Å². The first-order valence-electron chi connectivity index (χ1n) is 9.36. The van der Waals surface area contributed by atoms with Crippen LogP contribution in [-0.2, 0) is 4.79 Å². The minimum absolute atomic E-state index is 0.00621. The number of nitriles is 1. The molecule has 3 aromatic rings. The van der Waals surface area contributed by atoms with Gasteiger partial charge in [-0.1, -0.05) is 23.7 Å². The molecule has 0 aliphatic heterocycles. The zero-order valence-corrected chi connectivity index (χ0v) is 17.9. The van der Waals surface area contributed by atoms with Gasteiger partial charge in [-0.3, -0.25) is 4.79 Å². The van der Waals surface area contributed by atoms with Crippen LogP contribution in [0.1, 0.15) is 28.1 Å². The summed E-state index contributed by atoms with van der Waals surface area (Å²) in [6, 6.07) is 14.0. The van der Waals surface area contributed by atoms with Crippen LogP contribution in [0.25, 0.3) is 11.8 Å². The zero-order chi connectivity index (χ0) is 22.0. The van der Waals surface area contributed by atoms with E-state index in [9.17, 15) is 14.4 Å². The number of halogens is 2. The summed E-state index contributed by atoms with van der Waals surface area (Å²) < 4.78 is 15.4. The van der Waals surface area contributed by atoms with Crippen LogP contribution in [-0.4, -0.2) is 10.5 Å². The van der Waals surface area contributed by atoms with E-state index in [0.29, 0.717) is 11.4 Å². The lowest BCUT2D eigenvalue weighted by atomic mass is 10.1. The lowest BCUT2D eigenvalue weighted by Gasteiger charge is -2.11. The Morgan fingerprint density at radius 3 is 2.57 bits per heavy atom. The van der Waals surface area contributed by atoms with Crippen molar-refractivity contribution >= 4 is 29.3 Å². The third kappa shape index (κ3) is 4.14. The molecule has 1 amide bonds. The molecule has 6 heteroatoms. The van der Waals surface area contributed by atoms with Crippen molar-refractivity contribution in [1.82, 2.24) is 4.57 Å². The average molecular weight is 422 g/mol. The van der Waals surface area contributed by atoms with E-state index in [1.165, 1.54) is 6.07 Å². The van der Waals surface area contributed by atoms with Crippen LogP contribution in [0.15, 0.2) is 48.0 Å². The minimum atomic E-state index is -0.488. The number of aryl methyl sites for hydroxylation is 2. The number of aromatic nitrogens is 1. The van der Waals surface area contributed by atoms with Crippen molar-refractivity contribution in [2.75, 3.05) is 5.32 Å². The lowest BCUT2D eigenvalue weighted by Crippen LogP contribution is -2.14. The first kappa shape index (κ1) is 21.4. The van der Waals surface area contributed by atoms with Crippen LogP contribution in [0.5, 0.6) is 0 Å². The molecule has 0 aliphatic carbocycles. The van der Waals surface area contributed by atoms with Crippen molar-refractivity contribution in [3.63, 3.8) is 0 Å². The highest BCUT2D eigenvalue weighted by Gasteiger charge is 2.15. The van der Waals surface area contributed by atoms with Crippen molar-refractivity contribution < 1.29 is 9.18 Å². The summed E-state index contributed by atoms with van der Waals surface area (Å²) in [7, 11) is 0. The minimum Gasteiger partial charge on any atom is -0.321 e. The largest absolute Gasteiger partial charge is 0.321 e. The lowest BCUT2D eigenvalue weighted by molar-refractivity contribution is -0.112. The maximum absolute atomic E-state index is 13.5. The normalized spacial score (nSPS) is 11.3. The fourth-order valence-corrected chi connectivity index (χ4v) is 3.51. The van der Waals surface area contributed by atoms with Gasteiger partial charge in [0.1, 0.15) is 17.5 Å². The Labute approximate surface area is 180 Å². The van der Waals surface area contributed by atoms with Crippen molar-refractivity contribution in [2.45, 2.75) is 27.7 Å². The molecule has 1 heterocycles. The molecule has 152 valence electrons. The molecule has 0 spiro atoms. The van der Waals surface area contributed by atoms with Gasteiger partial charge in [0, 0.05) is 22.8 Å². The monoisotopic (exact) mass is 421 g/mol. The van der Waals surface area contributed by atoms with Gasteiger partial charge in [0.25, 0.3) is 5.91 Å². The van der Waals surface area contributed by atoms with Crippen molar-refractivity contribution in [1.29, 1.82) is 5.26 Å². The summed E-state index contributed by atoms with van der Waals surface area (Å²) in [6.45, 7) is 7.64. The van der Waals surface area contributed by atoms with Crippen LogP contribution >= 0.6 is 11.6 Å². The Balaban J connectivity index is 1.96. The van der Waals surface area contributed by atoms with Crippen LogP contribution < -0.4 is 5.32 Å². The number of carbonyl (C=O) groups excluding carboxylic acids is 1. The van der Waals surface area contributed by atoms with E-state index in [0.717, 1.165) is 28.1 Å². The van der Waals surface area contributed by atoms with Gasteiger partial charge in [-0.05, 0) is 80.8 Å². The molecule has 0 aliphatic rings. The van der Waals surface area contributed by atoms with E-state index in [4.69, 9.17) is 11.6 Å². The second kappa shape index (κ2) is 8.56. The molecule has 30 heavy (non-hydrogen) atoms. The maximum atomic E-state index is 13.5. The number of hydrogen-bond acceptors (Lipinski definition) is 2. The molecular weight excluding hydrogens is 401 g/mol. The first-order chi connectivity index (χ1) is 14.2. The van der Waals surface area contributed by atoms with E-state index in [-0.39, 0.29) is 10.6 Å². The maximum Gasteiger partial charge on any atom is 0.266 e. The Bertz CT molecular complexity index is 1220. The zero-order valence-electron chi connectivity index (χ0n) is 17.2.